The third-order valence-electron chi connectivity index (χ3n) is 6.04. The number of hydrogen-bond acceptors (Lipinski definition) is 5. The smallest absolute Gasteiger partial charge is 0.307 e. The Morgan fingerprint density at radius 3 is 2.57 bits per heavy atom. The van der Waals surface area contributed by atoms with E-state index in [1.807, 2.05) is 24.3 Å². The number of rotatable bonds is 12. The summed E-state index contributed by atoms with van der Waals surface area (Å²) in [6, 6.07) is 21.7. The molecule has 0 unspecified atom stereocenters. The zero-order chi connectivity index (χ0) is 24.6. The van der Waals surface area contributed by atoms with Gasteiger partial charge in [0.1, 0.15) is 23.7 Å². The Kier molecular flexibility index (Phi) is 8.19. The minimum atomic E-state index is -0.887. The van der Waals surface area contributed by atoms with E-state index < -0.39 is 5.97 Å². The number of carboxylic acids is 1. The van der Waals surface area contributed by atoms with Gasteiger partial charge in [0.15, 0.2) is 0 Å². The van der Waals surface area contributed by atoms with Crippen LogP contribution in [0.25, 0.3) is 22.1 Å². The summed E-state index contributed by atoms with van der Waals surface area (Å²) in [5, 5.41) is 10.2. The van der Waals surface area contributed by atoms with Crippen molar-refractivity contribution in [2.75, 3.05) is 6.54 Å². The van der Waals surface area contributed by atoms with E-state index in [0.29, 0.717) is 31.0 Å². The van der Waals surface area contributed by atoms with Gasteiger partial charge in [0.2, 0.25) is 0 Å². The Labute approximate surface area is 205 Å². The highest BCUT2D eigenvalue weighted by Gasteiger charge is 2.14. The van der Waals surface area contributed by atoms with E-state index in [1.54, 1.807) is 12.1 Å². The Morgan fingerprint density at radius 2 is 1.77 bits per heavy atom. The van der Waals surface area contributed by atoms with Gasteiger partial charge >= 0.3 is 5.97 Å². The summed E-state index contributed by atoms with van der Waals surface area (Å²) in [5.41, 5.74) is 17.1. The molecule has 0 aliphatic rings. The first-order valence-electron chi connectivity index (χ1n) is 12.0. The summed E-state index contributed by atoms with van der Waals surface area (Å²) in [6.45, 7) is 1.48. The molecule has 0 aliphatic carbocycles. The van der Waals surface area contributed by atoms with E-state index in [9.17, 15) is 9.90 Å². The van der Waals surface area contributed by atoms with Crippen molar-refractivity contribution >= 4 is 16.9 Å². The molecule has 4 rings (SSSR count). The highest BCUT2D eigenvalue weighted by Crippen LogP contribution is 2.34. The molecule has 4 aromatic rings. The second-order valence-electron chi connectivity index (χ2n) is 8.75. The number of aryl methyl sites for hydroxylation is 1. The number of carboxylic acid groups (broad SMARTS) is 1. The number of unbranched alkanes of at least 4 members (excludes halogenated alkanes) is 2. The highest BCUT2D eigenvalue weighted by molar-refractivity contribution is 5.93. The number of hydrogen-bond donors (Lipinski definition) is 3. The van der Waals surface area contributed by atoms with Gasteiger partial charge in [-0.3, -0.25) is 4.79 Å². The van der Waals surface area contributed by atoms with E-state index in [1.165, 1.54) is 0 Å². The van der Waals surface area contributed by atoms with Crippen molar-refractivity contribution in [3.63, 3.8) is 0 Å². The van der Waals surface area contributed by atoms with Crippen molar-refractivity contribution in [1.29, 1.82) is 0 Å². The summed E-state index contributed by atoms with van der Waals surface area (Å²) < 4.78 is 12.4. The zero-order valence-corrected chi connectivity index (χ0v) is 19.8. The normalized spacial score (nSPS) is 11.1. The molecular weight excluding hydrogens is 440 g/mol. The summed E-state index contributed by atoms with van der Waals surface area (Å²) >= 11 is 0. The fourth-order valence-electron chi connectivity index (χ4n) is 4.29. The van der Waals surface area contributed by atoms with E-state index in [-0.39, 0.29) is 6.42 Å². The number of aliphatic carboxylic acids is 1. The Morgan fingerprint density at radius 1 is 0.914 bits per heavy atom. The van der Waals surface area contributed by atoms with Gasteiger partial charge in [-0.25, -0.2) is 0 Å². The predicted octanol–water partition coefficient (Wildman–Crippen LogP) is 5.44. The summed E-state index contributed by atoms with van der Waals surface area (Å²) in [6.07, 6.45) is 3.91. The molecule has 5 N–H and O–H groups in total. The summed E-state index contributed by atoms with van der Waals surface area (Å²) in [4.78, 5) is 11.2. The molecule has 6 nitrogen and oxygen atoms in total. The number of furan rings is 1. The van der Waals surface area contributed by atoms with Gasteiger partial charge in [0.05, 0.1) is 6.42 Å². The maximum atomic E-state index is 11.2. The number of para-hydroxylation sites is 1. The number of nitrogens with two attached hydrogens (primary N) is 2. The third-order valence-corrected chi connectivity index (χ3v) is 6.04. The Bertz CT molecular complexity index is 1300. The van der Waals surface area contributed by atoms with Crippen LogP contribution in [-0.4, -0.2) is 17.6 Å². The van der Waals surface area contributed by atoms with Crippen LogP contribution in [0, 0.1) is 0 Å². The SMILES string of the molecule is NCCCCCc1cc2cc(COc3ccccc3CC(=O)O)cc(-c3cccc(CN)c3)c2o1. The molecule has 0 saturated carbocycles. The molecule has 1 heterocycles. The second kappa shape index (κ2) is 11.7. The molecule has 0 atom stereocenters. The topological polar surface area (TPSA) is 112 Å². The maximum Gasteiger partial charge on any atom is 0.307 e. The molecule has 3 aromatic carbocycles. The number of carbonyl (C=O) groups is 1. The van der Waals surface area contributed by atoms with Crippen LogP contribution in [0.2, 0.25) is 0 Å². The van der Waals surface area contributed by atoms with Crippen molar-refractivity contribution in [3.8, 4) is 16.9 Å². The minimum Gasteiger partial charge on any atom is -0.489 e. The first-order valence-corrected chi connectivity index (χ1v) is 12.0. The maximum absolute atomic E-state index is 11.2. The molecule has 182 valence electrons. The fraction of sp³-hybridized carbons (Fsp3) is 0.276. The van der Waals surface area contributed by atoms with Crippen LogP contribution >= 0.6 is 0 Å². The molecule has 0 radical (unpaired) electrons. The lowest BCUT2D eigenvalue weighted by molar-refractivity contribution is -0.136. The quantitative estimate of drug-likeness (QED) is 0.237. The Hall–Kier alpha value is -3.61. The van der Waals surface area contributed by atoms with Crippen molar-refractivity contribution < 1.29 is 19.1 Å². The highest BCUT2D eigenvalue weighted by atomic mass is 16.5. The molecule has 0 fully saturated rings. The van der Waals surface area contributed by atoms with Gasteiger partial charge in [0, 0.05) is 29.5 Å². The van der Waals surface area contributed by atoms with Gasteiger partial charge in [-0.1, -0.05) is 42.8 Å². The standard InChI is InChI=1S/C29H32N2O4/c30-12-5-1-2-10-25-16-24-14-21(19-34-27-11-4-3-8-23(27)17-28(32)33)15-26(29(24)35-25)22-9-6-7-20(13-22)18-31/h3-4,6-9,11,13-16H,1-2,5,10,12,17-19,30-31H2,(H,32,33). The third kappa shape index (κ3) is 6.29. The predicted molar refractivity (Wildman–Crippen MR) is 138 cm³/mol. The zero-order valence-electron chi connectivity index (χ0n) is 19.8. The molecule has 35 heavy (non-hydrogen) atoms. The number of ether oxygens (including phenoxy) is 1. The van der Waals surface area contributed by atoms with Gasteiger partial charge in [-0.05, 0) is 66.4 Å². The Balaban J connectivity index is 1.66. The largest absolute Gasteiger partial charge is 0.489 e. The van der Waals surface area contributed by atoms with Gasteiger partial charge in [-0.2, -0.15) is 0 Å². The van der Waals surface area contributed by atoms with Crippen LogP contribution in [0.4, 0.5) is 0 Å². The lowest BCUT2D eigenvalue weighted by Gasteiger charge is -2.12. The van der Waals surface area contributed by atoms with Crippen LogP contribution in [0.1, 0.15) is 41.7 Å². The molecular formula is C29H32N2O4. The van der Waals surface area contributed by atoms with Crippen molar-refractivity contribution in [1.82, 2.24) is 0 Å². The molecule has 0 amide bonds. The molecule has 0 bridgehead atoms. The van der Waals surface area contributed by atoms with E-state index in [0.717, 1.165) is 64.7 Å². The monoisotopic (exact) mass is 472 g/mol. The van der Waals surface area contributed by atoms with Crippen LogP contribution in [-0.2, 0) is 30.8 Å². The van der Waals surface area contributed by atoms with Crippen LogP contribution in [0.3, 0.4) is 0 Å². The van der Waals surface area contributed by atoms with Crippen LogP contribution < -0.4 is 16.2 Å². The van der Waals surface area contributed by atoms with E-state index in [2.05, 4.69) is 30.3 Å². The molecule has 1 aromatic heterocycles. The van der Waals surface area contributed by atoms with Crippen LogP contribution in [0.5, 0.6) is 5.75 Å². The lowest BCUT2D eigenvalue weighted by Crippen LogP contribution is -2.04. The molecule has 0 aliphatic heterocycles. The first kappa shape index (κ1) is 24.5. The van der Waals surface area contributed by atoms with Gasteiger partial charge in [-0.15, -0.1) is 0 Å². The second-order valence-corrected chi connectivity index (χ2v) is 8.75. The van der Waals surface area contributed by atoms with E-state index >= 15 is 0 Å². The van der Waals surface area contributed by atoms with Crippen molar-refractivity contribution in [2.45, 2.75) is 45.3 Å². The average molecular weight is 473 g/mol. The number of benzene rings is 3. The summed E-state index contributed by atoms with van der Waals surface area (Å²) in [7, 11) is 0. The van der Waals surface area contributed by atoms with E-state index in [4.69, 9.17) is 20.6 Å². The molecule has 0 spiro atoms. The van der Waals surface area contributed by atoms with Crippen molar-refractivity contribution in [2.24, 2.45) is 11.5 Å². The fourth-order valence-corrected chi connectivity index (χ4v) is 4.29. The van der Waals surface area contributed by atoms with Crippen LogP contribution in [0.15, 0.2) is 71.1 Å². The van der Waals surface area contributed by atoms with Gasteiger partial charge in [0.25, 0.3) is 0 Å². The molecule has 0 saturated heterocycles. The molecule has 6 heteroatoms. The lowest BCUT2D eigenvalue weighted by atomic mass is 9.99. The van der Waals surface area contributed by atoms with Gasteiger partial charge < -0.3 is 25.7 Å². The first-order chi connectivity index (χ1) is 17.1. The van der Waals surface area contributed by atoms with Crippen molar-refractivity contribution in [3.05, 3.63) is 89.2 Å². The summed E-state index contributed by atoms with van der Waals surface area (Å²) in [5.74, 6) is 0.648. The minimum absolute atomic E-state index is 0.0818. The average Bonchev–Trinajstić information content (AvgIpc) is 3.28. The number of fused-ring (bicyclic) bond motifs is 1.